The Balaban J connectivity index is 2.11. The molecule has 0 aliphatic heterocycles. The van der Waals surface area contributed by atoms with Gasteiger partial charge in [0.25, 0.3) is 5.78 Å². The number of hydrogen-bond donors (Lipinski definition) is 0. The smallest absolute Gasteiger partial charge is 0.454 e. The summed E-state index contributed by atoms with van der Waals surface area (Å²) < 4.78 is 45.0. The second kappa shape index (κ2) is 7.03. The molecule has 0 aliphatic carbocycles. The number of ether oxygens (including phenoxy) is 1. The van der Waals surface area contributed by atoms with Crippen LogP contribution in [0.1, 0.15) is 20.7 Å². The molecule has 0 saturated heterocycles. The molecule has 27 heavy (non-hydrogen) atoms. The van der Waals surface area contributed by atoms with Gasteiger partial charge in [-0.05, 0) is 32.3 Å². The molecule has 0 unspecified atom stereocenters. The summed E-state index contributed by atoms with van der Waals surface area (Å²) in [6, 6.07) is 9.19. The molecule has 8 heteroatoms. The molecular weight excluding hydrogens is 361 g/mol. The van der Waals surface area contributed by atoms with Gasteiger partial charge in [-0.1, -0.05) is 18.2 Å². The lowest BCUT2D eigenvalue weighted by atomic mass is 10.1. The van der Waals surface area contributed by atoms with Crippen LogP contribution in [0.4, 0.5) is 13.2 Å². The molecule has 3 aromatic rings. The monoisotopic (exact) mass is 378 g/mol. The summed E-state index contributed by atoms with van der Waals surface area (Å²) in [4.78, 5) is 26.0. The van der Waals surface area contributed by atoms with E-state index in [1.54, 1.807) is 24.3 Å². The molecule has 0 fully saturated rings. The third kappa shape index (κ3) is 3.66. The number of rotatable bonds is 5. The molecule has 0 N–H and O–H groups in total. The average Bonchev–Trinajstić information content (AvgIpc) is 2.93. The molecule has 0 bridgehead atoms. The Morgan fingerprint density at radius 2 is 1.78 bits per heavy atom. The van der Waals surface area contributed by atoms with Gasteiger partial charge >= 0.3 is 12.1 Å². The van der Waals surface area contributed by atoms with Crippen molar-refractivity contribution in [1.29, 1.82) is 0 Å². The van der Waals surface area contributed by atoms with Crippen LogP contribution < -0.4 is 0 Å². The summed E-state index contributed by atoms with van der Waals surface area (Å²) in [6.07, 6.45) is -3.87. The van der Waals surface area contributed by atoms with Crippen LogP contribution in [0.2, 0.25) is 0 Å². The number of para-hydroxylation sites is 1. The van der Waals surface area contributed by atoms with Gasteiger partial charge in [-0.15, -0.1) is 0 Å². The molecule has 0 atom stereocenters. The standard InChI is InChI=1S/C19H17F3N2O3/c1-23(2)9-10-27-18(26)16-13-5-3-4-6-14(13)24-11-12(7-8-15(16)24)17(25)19(20,21)22/h3-8,11H,9-10H2,1-2H3. The molecule has 142 valence electrons. The number of pyridine rings is 1. The summed E-state index contributed by atoms with van der Waals surface area (Å²) in [6.45, 7) is 0.724. The SMILES string of the molecule is CN(C)CCOC(=O)c1c2ccccc2n2cc(C(=O)C(F)(F)F)ccc12. The maximum Gasteiger partial charge on any atom is 0.454 e. The number of hydrogen-bond acceptors (Lipinski definition) is 4. The van der Waals surface area contributed by atoms with E-state index in [4.69, 9.17) is 4.74 Å². The van der Waals surface area contributed by atoms with Crippen LogP contribution >= 0.6 is 0 Å². The summed E-state index contributed by atoms with van der Waals surface area (Å²) in [5.74, 6) is -2.50. The number of nitrogens with zero attached hydrogens (tertiary/aromatic N) is 2. The van der Waals surface area contributed by atoms with Gasteiger partial charge in [0, 0.05) is 23.7 Å². The summed E-state index contributed by atoms with van der Waals surface area (Å²) >= 11 is 0. The van der Waals surface area contributed by atoms with Crippen LogP contribution in [0.5, 0.6) is 0 Å². The minimum absolute atomic E-state index is 0.183. The number of carbonyl (C=O) groups is 2. The Morgan fingerprint density at radius 1 is 1.07 bits per heavy atom. The maximum atomic E-state index is 12.7. The average molecular weight is 378 g/mol. The Kier molecular flexibility index (Phi) is 4.93. The van der Waals surface area contributed by atoms with E-state index in [0.717, 1.165) is 12.3 Å². The highest BCUT2D eigenvalue weighted by molar-refractivity contribution is 6.12. The lowest BCUT2D eigenvalue weighted by molar-refractivity contribution is -0.0885. The number of fused-ring (bicyclic) bond motifs is 3. The predicted octanol–water partition coefficient (Wildman–Crippen LogP) is 3.56. The number of carbonyl (C=O) groups excluding carboxylic acids is 2. The van der Waals surface area contributed by atoms with Crippen LogP contribution in [0, 0.1) is 0 Å². The molecule has 1 aromatic carbocycles. The fourth-order valence-electron chi connectivity index (χ4n) is 2.84. The highest BCUT2D eigenvalue weighted by Gasteiger charge is 2.39. The molecular formula is C19H17F3N2O3. The Bertz CT molecular complexity index is 1020. The van der Waals surface area contributed by atoms with E-state index < -0.39 is 23.5 Å². The summed E-state index contributed by atoms with van der Waals surface area (Å²) in [5, 5.41) is 0.545. The van der Waals surface area contributed by atoms with Gasteiger partial charge in [0.05, 0.1) is 16.6 Å². The van der Waals surface area contributed by atoms with Crippen molar-refractivity contribution in [2.24, 2.45) is 0 Å². The van der Waals surface area contributed by atoms with E-state index in [0.29, 0.717) is 23.0 Å². The molecule has 0 amide bonds. The van der Waals surface area contributed by atoms with Gasteiger partial charge in [-0.2, -0.15) is 13.2 Å². The van der Waals surface area contributed by atoms with Crippen LogP contribution in [-0.4, -0.2) is 54.5 Å². The van der Waals surface area contributed by atoms with Gasteiger partial charge < -0.3 is 14.0 Å². The summed E-state index contributed by atoms with van der Waals surface area (Å²) in [7, 11) is 3.69. The number of aromatic nitrogens is 1. The van der Waals surface area contributed by atoms with Gasteiger partial charge in [0.1, 0.15) is 6.61 Å². The zero-order valence-electron chi connectivity index (χ0n) is 14.7. The first-order valence-corrected chi connectivity index (χ1v) is 8.16. The molecule has 2 heterocycles. The van der Waals surface area contributed by atoms with E-state index >= 15 is 0 Å². The number of esters is 1. The molecule has 5 nitrogen and oxygen atoms in total. The van der Waals surface area contributed by atoms with Crippen molar-refractivity contribution in [2.45, 2.75) is 6.18 Å². The highest BCUT2D eigenvalue weighted by Crippen LogP contribution is 2.29. The largest absolute Gasteiger partial charge is 0.461 e. The third-order valence-electron chi connectivity index (χ3n) is 4.13. The van der Waals surface area contributed by atoms with Crippen molar-refractivity contribution < 1.29 is 27.5 Å². The maximum absolute atomic E-state index is 12.7. The van der Waals surface area contributed by atoms with Crippen LogP contribution in [0.25, 0.3) is 16.4 Å². The number of likely N-dealkylation sites (N-methyl/N-ethyl adjacent to an activating group) is 1. The van der Waals surface area contributed by atoms with Crippen molar-refractivity contribution in [1.82, 2.24) is 9.30 Å². The first-order chi connectivity index (χ1) is 12.7. The minimum atomic E-state index is -4.97. The lowest BCUT2D eigenvalue weighted by Crippen LogP contribution is -2.23. The van der Waals surface area contributed by atoms with Crippen molar-refractivity contribution in [3.05, 3.63) is 53.7 Å². The molecule has 0 spiro atoms. The van der Waals surface area contributed by atoms with Crippen molar-refractivity contribution in [3.8, 4) is 0 Å². The Morgan fingerprint density at radius 3 is 2.44 bits per heavy atom. The Labute approximate surface area is 152 Å². The predicted molar refractivity (Wildman–Crippen MR) is 94.1 cm³/mol. The molecule has 2 aromatic heterocycles. The second-order valence-corrected chi connectivity index (χ2v) is 6.33. The highest BCUT2D eigenvalue weighted by atomic mass is 19.4. The van der Waals surface area contributed by atoms with Crippen LogP contribution in [0.3, 0.4) is 0 Å². The molecule has 3 rings (SSSR count). The van der Waals surface area contributed by atoms with Gasteiger partial charge in [0.2, 0.25) is 0 Å². The van der Waals surface area contributed by atoms with E-state index in [1.807, 2.05) is 19.0 Å². The first-order valence-electron chi connectivity index (χ1n) is 8.16. The molecule has 0 radical (unpaired) electrons. The van der Waals surface area contributed by atoms with Crippen molar-refractivity contribution in [3.63, 3.8) is 0 Å². The number of alkyl halides is 3. The number of Topliss-reactive ketones (excluding diaryl/α,β-unsaturated/α-hetero) is 1. The quantitative estimate of drug-likeness (QED) is 0.503. The van der Waals surface area contributed by atoms with Crippen LogP contribution in [0.15, 0.2) is 42.6 Å². The molecule has 0 aliphatic rings. The van der Waals surface area contributed by atoms with Crippen LogP contribution in [-0.2, 0) is 4.74 Å². The fraction of sp³-hybridized carbons (Fsp3) is 0.263. The first kappa shape index (κ1) is 18.9. The number of ketones is 1. The number of halogens is 3. The minimum Gasteiger partial charge on any atom is -0.461 e. The topological polar surface area (TPSA) is 51.0 Å². The van der Waals surface area contributed by atoms with E-state index in [9.17, 15) is 22.8 Å². The zero-order chi connectivity index (χ0) is 19.8. The third-order valence-corrected chi connectivity index (χ3v) is 4.13. The van der Waals surface area contributed by atoms with E-state index in [2.05, 4.69) is 0 Å². The van der Waals surface area contributed by atoms with E-state index in [-0.39, 0.29) is 12.2 Å². The lowest BCUT2D eigenvalue weighted by Gasteiger charge is -2.10. The van der Waals surface area contributed by atoms with E-state index in [1.165, 1.54) is 10.5 Å². The summed E-state index contributed by atoms with van der Waals surface area (Å²) in [5.41, 5.74) is 0.660. The van der Waals surface area contributed by atoms with Crippen molar-refractivity contribution >= 4 is 28.2 Å². The van der Waals surface area contributed by atoms with Gasteiger partial charge in [0.15, 0.2) is 0 Å². The fourth-order valence-corrected chi connectivity index (χ4v) is 2.84. The Hall–Kier alpha value is -2.87. The second-order valence-electron chi connectivity index (χ2n) is 6.33. The van der Waals surface area contributed by atoms with Gasteiger partial charge in [-0.3, -0.25) is 4.79 Å². The van der Waals surface area contributed by atoms with Crippen molar-refractivity contribution in [2.75, 3.05) is 27.2 Å². The molecule has 0 saturated carbocycles. The van der Waals surface area contributed by atoms with Gasteiger partial charge in [-0.25, -0.2) is 4.79 Å². The normalized spacial score (nSPS) is 12.1. The number of benzene rings is 1. The zero-order valence-corrected chi connectivity index (χ0v) is 14.7.